The molecule has 2 aromatic rings. The molecule has 5 nitrogen and oxygen atoms in total. The van der Waals surface area contributed by atoms with Gasteiger partial charge in [0.2, 0.25) is 5.91 Å². The molecule has 172 valence electrons. The molecule has 0 aliphatic rings. The van der Waals surface area contributed by atoms with E-state index in [2.05, 4.69) is 33.4 Å². The molecule has 2 aromatic carbocycles. The minimum Gasteiger partial charge on any atom is -0.423 e. The van der Waals surface area contributed by atoms with Crippen molar-refractivity contribution in [3.63, 3.8) is 0 Å². The zero-order valence-corrected chi connectivity index (χ0v) is 20.4. The van der Waals surface area contributed by atoms with Crippen molar-refractivity contribution in [2.75, 3.05) is 0 Å². The summed E-state index contributed by atoms with van der Waals surface area (Å²) in [5.41, 5.74) is 3.84. The van der Waals surface area contributed by atoms with Gasteiger partial charge in [0, 0.05) is 10.9 Å². The number of nitrogens with one attached hydrogen (secondary N) is 1. The van der Waals surface area contributed by atoms with E-state index in [4.69, 9.17) is 4.74 Å². The zero-order chi connectivity index (χ0) is 23.0. The molecule has 6 heteroatoms. The fourth-order valence-electron chi connectivity index (χ4n) is 3.23. The summed E-state index contributed by atoms with van der Waals surface area (Å²) in [6.45, 7) is 2.23. The molecule has 0 aliphatic carbocycles. The van der Waals surface area contributed by atoms with Crippen LogP contribution in [0.4, 0.5) is 0 Å². The normalized spacial score (nSPS) is 10.9. The van der Waals surface area contributed by atoms with Crippen molar-refractivity contribution in [2.45, 2.75) is 71.1 Å². The van der Waals surface area contributed by atoms with E-state index in [1.165, 1.54) is 44.9 Å². The number of amides is 1. The molecular formula is C26H33BrN2O3. The Hall–Kier alpha value is -2.47. The van der Waals surface area contributed by atoms with E-state index in [-0.39, 0.29) is 5.91 Å². The highest BCUT2D eigenvalue weighted by Crippen LogP contribution is 2.16. The SMILES string of the molecule is CCCCCCCCCCCC(=O)N/N=C\c1ccc(OC(=O)c2cccc(Br)c2)cc1. The van der Waals surface area contributed by atoms with Gasteiger partial charge in [-0.05, 0) is 54.4 Å². The van der Waals surface area contributed by atoms with Crippen molar-refractivity contribution < 1.29 is 14.3 Å². The average Bonchev–Trinajstić information content (AvgIpc) is 2.79. The summed E-state index contributed by atoms with van der Waals surface area (Å²) in [7, 11) is 0. The van der Waals surface area contributed by atoms with Crippen LogP contribution in [0.2, 0.25) is 0 Å². The van der Waals surface area contributed by atoms with Crippen molar-refractivity contribution in [2.24, 2.45) is 5.10 Å². The Kier molecular flexibility index (Phi) is 12.4. The molecule has 0 aromatic heterocycles. The monoisotopic (exact) mass is 500 g/mol. The number of carbonyl (C=O) groups is 2. The first kappa shape index (κ1) is 25.8. The van der Waals surface area contributed by atoms with Gasteiger partial charge in [0.05, 0.1) is 11.8 Å². The van der Waals surface area contributed by atoms with Crippen LogP contribution in [0.25, 0.3) is 0 Å². The molecule has 0 unspecified atom stereocenters. The number of hydrazone groups is 1. The Morgan fingerprint density at radius 3 is 2.25 bits per heavy atom. The maximum Gasteiger partial charge on any atom is 0.343 e. The molecule has 0 heterocycles. The summed E-state index contributed by atoms with van der Waals surface area (Å²) < 4.78 is 6.19. The third kappa shape index (κ3) is 10.7. The van der Waals surface area contributed by atoms with Crippen LogP contribution in [-0.4, -0.2) is 18.1 Å². The maximum atomic E-state index is 12.2. The minimum absolute atomic E-state index is 0.0660. The fourth-order valence-corrected chi connectivity index (χ4v) is 3.63. The Balaban J connectivity index is 1.62. The van der Waals surface area contributed by atoms with Gasteiger partial charge in [-0.2, -0.15) is 5.10 Å². The Labute approximate surface area is 199 Å². The van der Waals surface area contributed by atoms with Crippen LogP contribution in [0.15, 0.2) is 58.1 Å². The number of hydrogen-bond acceptors (Lipinski definition) is 4. The first-order valence-corrected chi connectivity index (χ1v) is 12.3. The first-order valence-electron chi connectivity index (χ1n) is 11.5. The molecule has 0 radical (unpaired) electrons. The molecule has 1 N–H and O–H groups in total. The third-order valence-electron chi connectivity index (χ3n) is 5.06. The standard InChI is InChI=1S/C26H33BrN2O3/c1-2-3-4-5-6-7-8-9-10-14-25(30)29-28-20-21-15-17-24(18-16-21)32-26(31)22-12-11-13-23(27)19-22/h11-13,15-20H,2-10,14H2,1H3,(H,29,30)/b28-20-. The van der Waals surface area contributed by atoms with Crippen LogP contribution in [0.3, 0.4) is 0 Å². The highest BCUT2D eigenvalue weighted by molar-refractivity contribution is 9.10. The van der Waals surface area contributed by atoms with Gasteiger partial charge in [0.25, 0.3) is 0 Å². The molecule has 0 spiro atoms. The lowest BCUT2D eigenvalue weighted by atomic mass is 10.1. The quantitative estimate of drug-likeness (QED) is 0.0993. The minimum atomic E-state index is -0.420. The molecule has 0 atom stereocenters. The zero-order valence-electron chi connectivity index (χ0n) is 18.8. The van der Waals surface area contributed by atoms with E-state index in [0.717, 1.165) is 22.9 Å². The molecule has 32 heavy (non-hydrogen) atoms. The lowest BCUT2D eigenvalue weighted by Gasteiger charge is -2.05. The Morgan fingerprint density at radius 2 is 1.59 bits per heavy atom. The number of ether oxygens (including phenoxy) is 1. The van der Waals surface area contributed by atoms with Crippen LogP contribution in [0.5, 0.6) is 5.75 Å². The predicted octanol–water partition coefficient (Wildman–Crippen LogP) is 7.04. The van der Waals surface area contributed by atoms with Gasteiger partial charge in [0.15, 0.2) is 0 Å². The summed E-state index contributed by atoms with van der Waals surface area (Å²) in [6.07, 6.45) is 13.1. The van der Waals surface area contributed by atoms with E-state index in [0.29, 0.717) is 17.7 Å². The first-order chi connectivity index (χ1) is 15.6. The molecule has 0 aliphatic heterocycles. The van der Waals surface area contributed by atoms with Gasteiger partial charge in [-0.15, -0.1) is 0 Å². The number of rotatable bonds is 14. The summed E-state index contributed by atoms with van der Waals surface area (Å²) in [5.74, 6) is -0.0400. The van der Waals surface area contributed by atoms with Crippen LogP contribution in [0, 0.1) is 0 Å². The number of unbranched alkanes of at least 4 members (excludes halogenated alkanes) is 8. The maximum absolute atomic E-state index is 12.2. The van der Waals surface area contributed by atoms with Crippen molar-refractivity contribution in [1.82, 2.24) is 5.43 Å². The fraction of sp³-hybridized carbons (Fsp3) is 0.423. The van der Waals surface area contributed by atoms with Crippen molar-refractivity contribution in [3.05, 3.63) is 64.1 Å². The van der Waals surface area contributed by atoms with E-state index in [9.17, 15) is 9.59 Å². The van der Waals surface area contributed by atoms with Crippen molar-refractivity contribution in [3.8, 4) is 5.75 Å². The van der Waals surface area contributed by atoms with Crippen LogP contribution < -0.4 is 10.2 Å². The van der Waals surface area contributed by atoms with Crippen LogP contribution >= 0.6 is 15.9 Å². The summed E-state index contributed by atoms with van der Waals surface area (Å²) in [4.78, 5) is 24.1. The average molecular weight is 501 g/mol. The smallest absolute Gasteiger partial charge is 0.343 e. The van der Waals surface area contributed by atoms with Gasteiger partial charge in [0.1, 0.15) is 5.75 Å². The van der Waals surface area contributed by atoms with Gasteiger partial charge < -0.3 is 4.74 Å². The number of nitrogens with zero attached hydrogens (tertiary/aromatic N) is 1. The number of esters is 1. The second-order valence-corrected chi connectivity index (χ2v) is 8.76. The van der Waals surface area contributed by atoms with Gasteiger partial charge >= 0.3 is 5.97 Å². The van der Waals surface area contributed by atoms with Crippen molar-refractivity contribution in [1.29, 1.82) is 0 Å². The number of halogens is 1. The van der Waals surface area contributed by atoms with Crippen LogP contribution in [0.1, 0.15) is 87.1 Å². The summed E-state index contributed by atoms with van der Waals surface area (Å²) >= 11 is 3.34. The third-order valence-corrected chi connectivity index (χ3v) is 5.55. The van der Waals surface area contributed by atoms with E-state index in [1.807, 2.05) is 6.07 Å². The molecule has 2 rings (SSSR count). The molecule has 0 bridgehead atoms. The molecular weight excluding hydrogens is 468 g/mol. The van der Waals surface area contributed by atoms with E-state index >= 15 is 0 Å². The van der Waals surface area contributed by atoms with Crippen molar-refractivity contribution >= 4 is 34.0 Å². The Bertz CT molecular complexity index is 866. The van der Waals surface area contributed by atoms with E-state index < -0.39 is 5.97 Å². The molecule has 0 fully saturated rings. The number of hydrogen-bond donors (Lipinski definition) is 1. The van der Waals surface area contributed by atoms with E-state index in [1.54, 1.807) is 48.7 Å². The lowest BCUT2D eigenvalue weighted by molar-refractivity contribution is -0.121. The van der Waals surface area contributed by atoms with Gasteiger partial charge in [-0.3, -0.25) is 4.79 Å². The molecule has 0 saturated carbocycles. The number of carbonyl (C=O) groups excluding carboxylic acids is 2. The Morgan fingerprint density at radius 1 is 0.938 bits per heavy atom. The van der Waals surface area contributed by atoms with Gasteiger partial charge in [-0.25, -0.2) is 10.2 Å². The highest BCUT2D eigenvalue weighted by Gasteiger charge is 2.08. The highest BCUT2D eigenvalue weighted by atomic mass is 79.9. The topological polar surface area (TPSA) is 67.8 Å². The molecule has 0 saturated heterocycles. The lowest BCUT2D eigenvalue weighted by Crippen LogP contribution is -2.16. The second kappa shape index (κ2) is 15.4. The van der Waals surface area contributed by atoms with Gasteiger partial charge in [-0.1, -0.05) is 80.3 Å². The summed E-state index contributed by atoms with van der Waals surface area (Å²) in [6, 6.07) is 14.0. The predicted molar refractivity (Wildman–Crippen MR) is 133 cm³/mol. The largest absolute Gasteiger partial charge is 0.423 e. The number of benzene rings is 2. The molecule has 1 amide bonds. The van der Waals surface area contributed by atoms with Crippen LogP contribution in [-0.2, 0) is 4.79 Å². The second-order valence-electron chi connectivity index (χ2n) is 7.84. The summed E-state index contributed by atoms with van der Waals surface area (Å²) in [5, 5.41) is 4.01.